The number of carbonyl (C=O) groups is 1. The summed E-state index contributed by atoms with van der Waals surface area (Å²) in [6.07, 6.45) is 4.70. The van der Waals surface area contributed by atoms with Gasteiger partial charge in [0.2, 0.25) is 0 Å². The van der Waals surface area contributed by atoms with E-state index in [4.69, 9.17) is 11.6 Å². The van der Waals surface area contributed by atoms with Gasteiger partial charge in [0.05, 0.1) is 16.3 Å². The molecular weight excluding hydrogens is 264 g/mol. The highest BCUT2D eigenvalue weighted by atomic mass is 35.5. The molecule has 0 bridgehead atoms. The molecule has 2 heterocycles. The van der Waals surface area contributed by atoms with Gasteiger partial charge in [0.25, 0.3) is 5.91 Å². The molecule has 0 atom stereocenters. The molecule has 19 heavy (non-hydrogen) atoms. The predicted octanol–water partition coefficient (Wildman–Crippen LogP) is 2.81. The largest absolute Gasteiger partial charge is 0.385 e. The Hall–Kier alpha value is -2.14. The van der Waals surface area contributed by atoms with Crippen molar-refractivity contribution in [1.82, 2.24) is 9.97 Å². The Balaban J connectivity index is 2.23. The fraction of sp³-hybridized carbons (Fsp3) is 0.154. The lowest BCUT2D eigenvalue weighted by Crippen LogP contribution is -2.16. The third kappa shape index (κ3) is 3.20. The van der Waals surface area contributed by atoms with E-state index in [1.54, 1.807) is 30.6 Å². The summed E-state index contributed by atoms with van der Waals surface area (Å²) in [5.74, 6) is 0.0325. The molecule has 0 radical (unpaired) electrons. The molecule has 2 aromatic heterocycles. The number of amides is 1. The molecule has 0 spiro atoms. The van der Waals surface area contributed by atoms with Gasteiger partial charge in [-0.1, -0.05) is 11.6 Å². The van der Waals surface area contributed by atoms with Crippen LogP contribution in [0, 0.1) is 0 Å². The molecule has 0 saturated carbocycles. The van der Waals surface area contributed by atoms with Gasteiger partial charge in [-0.3, -0.25) is 9.78 Å². The summed E-state index contributed by atoms with van der Waals surface area (Å²) in [7, 11) is 0. The number of nitrogens with one attached hydrogen (secondary N) is 2. The molecular formula is C13H13ClN4O. The zero-order chi connectivity index (χ0) is 13.7. The summed E-state index contributed by atoms with van der Waals surface area (Å²) in [6, 6.07) is 5.11. The van der Waals surface area contributed by atoms with Crippen LogP contribution in [0.1, 0.15) is 17.3 Å². The maximum atomic E-state index is 12.2. The molecule has 5 nitrogen and oxygen atoms in total. The predicted molar refractivity (Wildman–Crippen MR) is 75.6 cm³/mol. The molecule has 0 aliphatic heterocycles. The lowest BCUT2D eigenvalue weighted by molar-refractivity contribution is 0.102. The van der Waals surface area contributed by atoms with Crippen LogP contribution < -0.4 is 10.6 Å². The Labute approximate surface area is 116 Å². The molecule has 98 valence electrons. The minimum absolute atomic E-state index is 0.301. The summed E-state index contributed by atoms with van der Waals surface area (Å²) < 4.78 is 0. The van der Waals surface area contributed by atoms with Crippen LogP contribution in [0.15, 0.2) is 36.8 Å². The molecule has 6 heteroatoms. The number of anilines is 2. The van der Waals surface area contributed by atoms with E-state index in [0.29, 0.717) is 22.9 Å². The van der Waals surface area contributed by atoms with Gasteiger partial charge >= 0.3 is 0 Å². The van der Waals surface area contributed by atoms with Crippen molar-refractivity contribution >= 4 is 29.0 Å². The molecule has 0 aliphatic rings. The number of rotatable bonds is 4. The molecule has 0 saturated heterocycles. The first-order valence-electron chi connectivity index (χ1n) is 5.82. The van der Waals surface area contributed by atoms with Crippen molar-refractivity contribution in [2.24, 2.45) is 0 Å². The minimum Gasteiger partial charge on any atom is -0.385 e. The van der Waals surface area contributed by atoms with E-state index in [1.807, 2.05) is 6.92 Å². The number of halogens is 1. The summed E-state index contributed by atoms with van der Waals surface area (Å²) in [5.41, 5.74) is 1.17. The third-order valence-corrected chi connectivity index (χ3v) is 2.73. The van der Waals surface area contributed by atoms with Crippen LogP contribution in [0.2, 0.25) is 5.02 Å². The van der Waals surface area contributed by atoms with Crippen LogP contribution in [-0.2, 0) is 0 Å². The second-order valence-corrected chi connectivity index (χ2v) is 4.15. The van der Waals surface area contributed by atoms with Crippen molar-refractivity contribution in [1.29, 1.82) is 0 Å². The summed E-state index contributed by atoms with van der Waals surface area (Å²) >= 11 is 5.95. The fourth-order valence-electron chi connectivity index (χ4n) is 1.57. The molecule has 2 N–H and O–H groups in total. The Kier molecular flexibility index (Phi) is 4.30. The van der Waals surface area contributed by atoms with Gasteiger partial charge < -0.3 is 10.6 Å². The van der Waals surface area contributed by atoms with E-state index in [9.17, 15) is 4.79 Å². The van der Waals surface area contributed by atoms with Crippen LogP contribution in [-0.4, -0.2) is 22.4 Å². The Morgan fingerprint density at radius 2 is 2.21 bits per heavy atom. The average Bonchev–Trinajstić information content (AvgIpc) is 2.42. The molecule has 0 aromatic carbocycles. The summed E-state index contributed by atoms with van der Waals surface area (Å²) in [6.45, 7) is 2.67. The van der Waals surface area contributed by atoms with E-state index in [2.05, 4.69) is 20.6 Å². The maximum absolute atomic E-state index is 12.2. The molecule has 0 fully saturated rings. The Morgan fingerprint density at radius 3 is 2.95 bits per heavy atom. The van der Waals surface area contributed by atoms with Gasteiger partial charge in [-0.2, -0.15) is 0 Å². The van der Waals surface area contributed by atoms with Gasteiger partial charge in [-0.25, -0.2) is 4.98 Å². The van der Waals surface area contributed by atoms with Gasteiger partial charge in [0, 0.05) is 25.1 Å². The topological polar surface area (TPSA) is 66.9 Å². The van der Waals surface area contributed by atoms with Gasteiger partial charge in [0.15, 0.2) is 5.82 Å². The van der Waals surface area contributed by atoms with Gasteiger partial charge in [0.1, 0.15) is 0 Å². The molecule has 2 aromatic rings. The first kappa shape index (κ1) is 13.3. The summed E-state index contributed by atoms with van der Waals surface area (Å²) in [5, 5.41) is 6.16. The highest BCUT2D eigenvalue weighted by Gasteiger charge is 2.13. The normalized spacial score (nSPS) is 10.0. The van der Waals surface area contributed by atoms with Crippen LogP contribution in [0.4, 0.5) is 11.5 Å². The standard InChI is InChI=1S/C13H13ClN4O/c1-2-16-11-5-7-15-8-9(11)13(19)18-12-10(14)4-3-6-17-12/h3-8H,2H2,1H3,(H,15,16)(H,17,18,19). The van der Waals surface area contributed by atoms with E-state index in [1.165, 1.54) is 6.20 Å². The third-order valence-electron chi connectivity index (χ3n) is 2.42. The lowest BCUT2D eigenvalue weighted by atomic mass is 10.2. The summed E-state index contributed by atoms with van der Waals surface area (Å²) in [4.78, 5) is 20.1. The zero-order valence-electron chi connectivity index (χ0n) is 10.4. The smallest absolute Gasteiger partial charge is 0.260 e. The average molecular weight is 277 g/mol. The Morgan fingerprint density at radius 1 is 1.37 bits per heavy atom. The van der Waals surface area contributed by atoms with Gasteiger partial charge in [-0.15, -0.1) is 0 Å². The van der Waals surface area contributed by atoms with Crippen molar-refractivity contribution in [2.75, 3.05) is 17.2 Å². The lowest BCUT2D eigenvalue weighted by Gasteiger charge is -2.10. The SMILES string of the molecule is CCNc1ccncc1C(=O)Nc1ncccc1Cl. The van der Waals surface area contributed by atoms with Crippen molar-refractivity contribution in [3.05, 3.63) is 47.4 Å². The number of aromatic nitrogens is 2. The van der Waals surface area contributed by atoms with Crippen LogP contribution in [0.5, 0.6) is 0 Å². The minimum atomic E-state index is -0.301. The van der Waals surface area contributed by atoms with Gasteiger partial charge in [-0.05, 0) is 25.1 Å². The highest BCUT2D eigenvalue weighted by Crippen LogP contribution is 2.20. The fourth-order valence-corrected chi connectivity index (χ4v) is 1.74. The first-order valence-corrected chi connectivity index (χ1v) is 6.20. The number of pyridine rings is 2. The maximum Gasteiger partial charge on any atom is 0.260 e. The molecule has 0 unspecified atom stereocenters. The second-order valence-electron chi connectivity index (χ2n) is 3.74. The number of nitrogens with zero attached hydrogens (tertiary/aromatic N) is 2. The van der Waals surface area contributed by atoms with Crippen LogP contribution in [0.25, 0.3) is 0 Å². The van der Waals surface area contributed by atoms with Crippen LogP contribution in [0.3, 0.4) is 0 Å². The molecule has 2 rings (SSSR count). The van der Waals surface area contributed by atoms with Crippen LogP contribution >= 0.6 is 11.6 Å². The number of hydrogen-bond acceptors (Lipinski definition) is 4. The van der Waals surface area contributed by atoms with Crippen molar-refractivity contribution < 1.29 is 4.79 Å². The second kappa shape index (κ2) is 6.15. The highest BCUT2D eigenvalue weighted by molar-refractivity contribution is 6.33. The van der Waals surface area contributed by atoms with Crippen molar-refractivity contribution in [2.45, 2.75) is 6.92 Å². The van der Waals surface area contributed by atoms with Crippen molar-refractivity contribution in [3.63, 3.8) is 0 Å². The molecule has 0 aliphatic carbocycles. The number of hydrogen-bond donors (Lipinski definition) is 2. The van der Waals surface area contributed by atoms with Crippen molar-refractivity contribution in [3.8, 4) is 0 Å². The van der Waals surface area contributed by atoms with E-state index in [0.717, 1.165) is 5.69 Å². The zero-order valence-corrected chi connectivity index (χ0v) is 11.1. The monoisotopic (exact) mass is 276 g/mol. The number of carbonyl (C=O) groups excluding carboxylic acids is 1. The Bertz CT molecular complexity index is 588. The quantitative estimate of drug-likeness (QED) is 0.901. The molecule has 1 amide bonds. The van der Waals surface area contributed by atoms with E-state index in [-0.39, 0.29) is 5.91 Å². The van der Waals surface area contributed by atoms with E-state index < -0.39 is 0 Å². The first-order chi connectivity index (χ1) is 9.22. The van der Waals surface area contributed by atoms with E-state index >= 15 is 0 Å².